The van der Waals surface area contributed by atoms with E-state index < -0.39 is 12.2 Å². The van der Waals surface area contributed by atoms with E-state index in [1.165, 1.54) is 10.6 Å². The zero-order valence-corrected chi connectivity index (χ0v) is 14.1. The second-order valence-electron chi connectivity index (χ2n) is 6.84. The highest BCUT2D eigenvalue weighted by atomic mass is 19.1. The molecule has 1 aliphatic carbocycles. The molecule has 0 radical (unpaired) electrons. The number of nitrogens with zero attached hydrogens (tertiary/aromatic N) is 2. The molecule has 2 fully saturated rings. The van der Waals surface area contributed by atoms with Gasteiger partial charge in [0.05, 0.1) is 6.61 Å². The smallest absolute Gasteiger partial charge is 0.329 e. The molecule has 1 unspecified atom stereocenters. The zero-order chi connectivity index (χ0) is 17.1. The van der Waals surface area contributed by atoms with Gasteiger partial charge in [-0.3, -0.25) is 9.69 Å². The van der Waals surface area contributed by atoms with Crippen molar-refractivity contribution in [1.29, 1.82) is 0 Å². The average Bonchev–Trinajstić information content (AvgIpc) is 3.34. The minimum Gasteiger partial charge on any atom is -0.464 e. The van der Waals surface area contributed by atoms with Crippen molar-refractivity contribution < 1.29 is 13.9 Å². The molecule has 132 valence electrons. The molecule has 5 nitrogen and oxygen atoms in total. The van der Waals surface area contributed by atoms with Gasteiger partial charge in [-0.1, -0.05) is 18.9 Å². The van der Waals surface area contributed by atoms with Gasteiger partial charge in [0.1, 0.15) is 12.2 Å². The molecule has 1 aromatic rings. The number of esters is 1. The molecule has 1 atom stereocenters. The molecular formula is C18H25FN2O3. The third-order valence-electron chi connectivity index (χ3n) is 4.78. The summed E-state index contributed by atoms with van der Waals surface area (Å²) in [5.74, 6) is 0.184. The summed E-state index contributed by atoms with van der Waals surface area (Å²) in [6.07, 6.45) is 4.71. The van der Waals surface area contributed by atoms with Crippen molar-refractivity contribution in [1.82, 2.24) is 9.47 Å². The van der Waals surface area contributed by atoms with Crippen LogP contribution in [0.2, 0.25) is 0 Å². The summed E-state index contributed by atoms with van der Waals surface area (Å²) in [4.78, 5) is 26.6. The van der Waals surface area contributed by atoms with E-state index in [2.05, 4.69) is 0 Å². The number of ether oxygens (including phenoxy) is 1. The lowest BCUT2D eigenvalue weighted by Crippen LogP contribution is -2.48. The van der Waals surface area contributed by atoms with E-state index in [1.54, 1.807) is 19.2 Å². The molecule has 1 saturated carbocycles. The van der Waals surface area contributed by atoms with Crippen LogP contribution in [0.3, 0.4) is 0 Å². The Bertz CT molecular complexity index is 635. The monoisotopic (exact) mass is 336 g/mol. The molecule has 0 aromatic carbocycles. The summed E-state index contributed by atoms with van der Waals surface area (Å²) in [5, 5.41) is 0. The highest BCUT2D eigenvalue weighted by Crippen LogP contribution is 2.37. The quantitative estimate of drug-likeness (QED) is 0.681. The molecular weight excluding hydrogens is 311 g/mol. The van der Waals surface area contributed by atoms with Crippen molar-refractivity contribution in [3.63, 3.8) is 0 Å². The van der Waals surface area contributed by atoms with E-state index in [0.717, 1.165) is 31.4 Å². The van der Waals surface area contributed by atoms with Crippen LogP contribution >= 0.6 is 0 Å². The molecule has 2 aliphatic rings. The second kappa shape index (κ2) is 7.47. The van der Waals surface area contributed by atoms with Crippen molar-refractivity contribution in [2.45, 2.75) is 44.8 Å². The molecule has 1 saturated heterocycles. The average molecular weight is 336 g/mol. The molecule has 0 N–H and O–H groups in total. The van der Waals surface area contributed by atoms with E-state index in [-0.39, 0.29) is 11.5 Å². The Morgan fingerprint density at radius 3 is 2.75 bits per heavy atom. The van der Waals surface area contributed by atoms with Gasteiger partial charge in [0, 0.05) is 31.9 Å². The highest BCUT2D eigenvalue weighted by molar-refractivity contribution is 5.74. The minimum absolute atomic E-state index is 0.176. The van der Waals surface area contributed by atoms with Crippen LogP contribution < -0.4 is 5.56 Å². The summed E-state index contributed by atoms with van der Waals surface area (Å²) in [6.45, 7) is 3.84. The topological polar surface area (TPSA) is 51.5 Å². The normalized spacial score (nSPS) is 19.8. The molecule has 2 heterocycles. The Balaban J connectivity index is 1.72. The fourth-order valence-electron chi connectivity index (χ4n) is 3.15. The Hall–Kier alpha value is -1.69. The van der Waals surface area contributed by atoms with Crippen molar-refractivity contribution in [3.05, 3.63) is 34.2 Å². The third-order valence-corrected chi connectivity index (χ3v) is 4.78. The fraction of sp³-hybridized carbons (Fsp3) is 0.667. The van der Waals surface area contributed by atoms with Gasteiger partial charge in [-0.05, 0) is 31.2 Å². The summed E-state index contributed by atoms with van der Waals surface area (Å²) in [6, 6.07) is 2.78. The zero-order valence-electron chi connectivity index (χ0n) is 14.1. The van der Waals surface area contributed by atoms with Crippen LogP contribution in [0.25, 0.3) is 0 Å². The van der Waals surface area contributed by atoms with Gasteiger partial charge in [0.2, 0.25) is 0 Å². The largest absolute Gasteiger partial charge is 0.464 e. The van der Waals surface area contributed by atoms with E-state index in [9.17, 15) is 14.0 Å². The maximum Gasteiger partial charge on any atom is 0.329 e. The first-order chi connectivity index (χ1) is 11.6. The van der Waals surface area contributed by atoms with Gasteiger partial charge in [-0.2, -0.15) is 0 Å². The molecule has 24 heavy (non-hydrogen) atoms. The van der Waals surface area contributed by atoms with Gasteiger partial charge in [0.25, 0.3) is 5.56 Å². The number of likely N-dealkylation sites (tertiary alicyclic amines) is 1. The lowest BCUT2D eigenvalue weighted by molar-refractivity contribution is -0.147. The van der Waals surface area contributed by atoms with Crippen LogP contribution in [0.5, 0.6) is 0 Å². The number of hydrogen-bond donors (Lipinski definition) is 0. The van der Waals surface area contributed by atoms with Crippen LogP contribution in [0.1, 0.15) is 37.8 Å². The van der Waals surface area contributed by atoms with E-state index >= 15 is 0 Å². The second-order valence-corrected chi connectivity index (χ2v) is 6.84. The van der Waals surface area contributed by atoms with Crippen molar-refractivity contribution in [3.8, 4) is 0 Å². The van der Waals surface area contributed by atoms with Crippen LogP contribution in [-0.2, 0) is 16.0 Å². The first-order valence-corrected chi connectivity index (χ1v) is 8.81. The summed E-state index contributed by atoms with van der Waals surface area (Å²) in [5.41, 5.74) is 0.812. The maximum atomic E-state index is 12.9. The van der Waals surface area contributed by atoms with Gasteiger partial charge < -0.3 is 9.30 Å². The number of aromatic nitrogens is 1. The van der Waals surface area contributed by atoms with Crippen LogP contribution in [0.15, 0.2) is 23.1 Å². The Labute approximate surface area is 141 Å². The van der Waals surface area contributed by atoms with Crippen LogP contribution in [-0.4, -0.2) is 47.8 Å². The Kier molecular flexibility index (Phi) is 5.33. The van der Waals surface area contributed by atoms with Gasteiger partial charge in [0.15, 0.2) is 0 Å². The molecule has 0 amide bonds. The minimum atomic E-state index is -0.703. The van der Waals surface area contributed by atoms with Crippen molar-refractivity contribution in [2.24, 2.45) is 5.92 Å². The van der Waals surface area contributed by atoms with Gasteiger partial charge in [-0.25, -0.2) is 9.18 Å². The first-order valence-electron chi connectivity index (χ1n) is 8.81. The molecule has 0 spiro atoms. The van der Waals surface area contributed by atoms with Crippen molar-refractivity contribution >= 4 is 5.97 Å². The number of halogens is 1. The van der Waals surface area contributed by atoms with Gasteiger partial charge >= 0.3 is 5.97 Å². The maximum absolute atomic E-state index is 12.9. The predicted octanol–water partition coefficient (Wildman–Crippen LogP) is 1.95. The predicted molar refractivity (Wildman–Crippen MR) is 88.8 cm³/mol. The van der Waals surface area contributed by atoms with Crippen molar-refractivity contribution in [2.75, 3.05) is 26.2 Å². The number of carbonyl (C=O) groups excluding carboxylic acids is 1. The van der Waals surface area contributed by atoms with Gasteiger partial charge in [-0.15, -0.1) is 0 Å². The van der Waals surface area contributed by atoms with Crippen LogP contribution in [0.4, 0.5) is 4.39 Å². The van der Waals surface area contributed by atoms with E-state index in [1.807, 2.05) is 4.90 Å². The van der Waals surface area contributed by atoms with E-state index in [0.29, 0.717) is 32.0 Å². The molecule has 6 heteroatoms. The van der Waals surface area contributed by atoms with Crippen LogP contribution in [0, 0.1) is 5.92 Å². The molecule has 1 aliphatic heterocycles. The number of carbonyl (C=O) groups is 1. The number of alkyl halides is 1. The molecule has 3 rings (SSSR count). The number of pyridine rings is 1. The molecule has 0 bridgehead atoms. The standard InChI is InChI=1S/C18H25FN2O3/c1-2-24-18(23)16(9-13-3-4-13)21-10-14(5-6-17(21)22)7-8-20-11-15(19)12-20/h5-6,10,13,15-16H,2-4,7-9,11-12H2,1H3. The number of hydrogen-bond acceptors (Lipinski definition) is 4. The summed E-state index contributed by atoms with van der Waals surface area (Å²) in [7, 11) is 0. The van der Waals surface area contributed by atoms with E-state index in [4.69, 9.17) is 4.74 Å². The lowest BCUT2D eigenvalue weighted by Gasteiger charge is -2.34. The Morgan fingerprint density at radius 2 is 2.12 bits per heavy atom. The lowest BCUT2D eigenvalue weighted by atomic mass is 10.1. The molecule has 1 aromatic heterocycles. The fourth-order valence-corrected chi connectivity index (χ4v) is 3.15. The SMILES string of the molecule is CCOC(=O)C(CC1CC1)n1cc(CCN2CC(F)C2)ccc1=O. The summed E-state index contributed by atoms with van der Waals surface area (Å²) >= 11 is 0. The number of rotatable bonds is 8. The first kappa shape index (κ1) is 17.1. The third kappa shape index (κ3) is 4.23. The summed E-state index contributed by atoms with van der Waals surface area (Å²) < 4.78 is 19.6. The highest BCUT2D eigenvalue weighted by Gasteiger charge is 2.32. The Morgan fingerprint density at radius 1 is 1.38 bits per heavy atom.